The predicted octanol–water partition coefficient (Wildman–Crippen LogP) is 8.38. The average Bonchev–Trinajstić information content (AvgIpc) is 2.75. The maximum absolute atomic E-state index is 12.1. The second-order valence-electron chi connectivity index (χ2n) is 9.66. The third-order valence-electron chi connectivity index (χ3n) is 6.14. The molecule has 0 aliphatic carbocycles. The molecule has 0 aliphatic heterocycles. The molecule has 0 spiro atoms. The quantitative estimate of drug-likeness (QED) is 0.0561. The van der Waals surface area contributed by atoms with Crippen molar-refractivity contribution in [1.29, 1.82) is 0 Å². The van der Waals surface area contributed by atoms with Gasteiger partial charge in [0.15, 0.2) is 5.12 Å². The fraction of sp³-hybridized carbons (Fsp3) is 0.786. The Hall–Kier alpha value is -1.23. The number of allylic oxidation sites excluding steroid dienone is 1. The lowest BCUT2D eigenvalue weighted by atomic mass is 10.0. The maximum atomic E-state index is 12.1. The van der Waals surface area contributed by atoms with Gasteiger partial charge in [0.2, 0.25) is 5.91 Å². The zero-order chi connectivity index (χ0) is 24.7. The fourth-order valence-electron chi connectivity index (χ4n) is 4.02. The Morgan fingerprint density at radius 3 is 1.39 bits per heavy atom. The zero-order valence-electron chi connectivity index (χ0n) is 21.3. The monoisotopic (exact) mass is 481 g/mol. The molecule has 0 aromatic rings. The first-order valence-corrected chi connectivity index (χ1v) is 13.8. The highest BCUT2D eigenvalue weighted by molar-refractivity contribution is 7.96. The van der Waals surface area contributed by atoms with E-state index in [1.54, 1.807) is 0 Å². The van der Waals surface area contributed by atoms with Crippen LogP contribution in [0.5, 0.6) is 0 Å². The summed E-state index contributed by atoms with van der Waals surface area (Å²) in [5, 5.41) is 12.6. The van der Waals surface area contributed by atoms with Crippen molar-refractivity contribution in [2.45, 2.75) is 141 Å². The summed E-state index contributed by atoms with van der Waals surface area (Å²) < 4.78 is 0. The van der Waals surface area contributed by atoms with Crippen LogP contribution in [0.1, 0.15) is 135 Å². The number of carbonyl (C=O) groups is 2. The van der Waals surface area contributed by atoms with Crippen LogP contribution in [-0.4, -0.2) is 22.2 Å². The van der Waals surface area contributed by atoms with Gasteiger partial charge in [0.1, 0.15) is 5.76 Å². The highest BCUT2D eigenvalue weighted by Crippen LogP contribution is 2.15. The Morgan fingerprint density at radius 2 is 1.06 bits per heavy atom. The molecule has 1 atom stereocenters. The summed E-state index contributed by atoms with van der Waals surface area (Å²) in [6.07, 6.45) is 22.4. The third kappa shape index (κ3) is 23.7. The average molecular weight is 482 g/mol. The molecule has 4 nitrogen and oxygen atoms in total. The summed E-state index contributed by atoms with van der Waals surface area (Å²) in [7, 11) is 0. The largest absolute Gasteiger partial charge is 0.511 e. The highest BCUT2D eigenvalue weighted by Gasteiger charge is 2.14. The molecule has 2 N–H and O–H groups in total. The van der Waals surface area contributed by atoms with Gasteiger partial charge < -0.3 is 10.4 Å². The van der Waals surface area contributed by atoms with Gasteiger partial charge in [-0.3, -0.25) is 9.59 Å². The summed E-state index contributed by atoms with van der Waals surface area (Å²) in [4.78, 5) is 22.8. The van der Waals surface area contributed by atoms with Gasteiger partial charge in [0.25, 0.3) is 0 Å². The smallest absolute Gasteiger partial charge is 0.220 e. The van der Waals surface area contributed by atoms with Gasteiger partial charge in [-0.05, 0) is 32.6 Å². The standard InChI is InChI=1S/C28H51NO3S/c1-24(2)22-23-26(25(3)30)29-27(31)20-18-16-14-12-10-8-6-4-5-7-9-11-13-15-17-19-21-28(32)33/h26,30H,1,3-23H2,2H3,(H,29,31)(H,32,33). The molecule has 33 heavy (non-hydrogen) atoms. The van der Waals surface area contributed by atoms with E-state index in [0.717, 1.165) is 37.7 Å². The van der Waals surface area contributed by atoms with Gasteiger partial charge in [0, 0.05) is 12.8 Å². The van der Waals surface area contributed by atoms with Crippen molar-refractivity contribution in [3.63, 3.8) is 0 Å². The molecule has 0 rings (SSSR count). The van der Waals surface area contributed by atoms with Crippen molar-refractivity contribution in [2.24, 2.45) is 0 Å². The van der Waals surface area contributed by atoms with Gasteiger partial charge in [-0.2, -0.15) is 0 Å². The number of hydrogen-bond donors (Lipinski definition) is 3. The van der Waals surface area contributed by atoms with E-state index < -0.39 is 0 Å². The fourth-order valence-corrected chi connectivity index (χ4v) is 4.17. The minimum Gasteiger partial charge on any atom is -0.511 e. The number of aliphatic hydroxyl groups is 1. The Balaban J connectivity index is 3.39. The van der Waals surface area contributed by atoms with Crippen molar-refractivity contribution >= 4 is 23.7 Å². The van der Waals surface area contributed by atoms with E-state index in [1.807, 2.05) is 6.92 Å². The first-order valence-electron chi connectivity index (χ1n) is 13.4. The molecule has 0 aliphatic rings. The van der Waals surface area contributed by atoms with Crippen molar-refractivity contribution in [3.8, 4) is 0 Å². The topological polar surface area (TPSA) is 66.4 Å². The number of amides is 1. The van der Waals surface area contributed by atoms with Gasteiger partial charge in [-0.25, -0.2) is 0 Å². The van der Waals surface area contributed by atoms with Gasteiger partial charge in [-0.15, -0.1) is 19.2 Å². The molecule has 0 fully saturated rings. The maximum Gasteiger partial charge on any atom is 0.220 e. The van der Waals surface area contributed by atoms with Crippen LogP contribution in [0.4, 0.5) is 0 Å². The Kier molecular flexibility index (Phi) is 21.7. The minimum absolute atomic E-state index is 0.00176. The summed E-state index contributed by atoms with van der Waals surface area (Å²) in [6.45, 7) is 9.38. The minimum atomic E-state index is -0.365. The van der Waals surface area contributed by atoms with Crippen molar-refractivity contribution in [1.82, 2.24) is 5.32 Å². The predicted molar refractivity (Wildman–Crippen MR) is 145 cm³/mol. The summed E-state index contributed by atoms with van der Waals surface area (Å²) in [5.74, 6) is 0.0293. The van der Waals surface area contributed by atoms with Crippen LogP contribution in [0.15, 0.2) is 24.5 Å². The lowest BCUT2D eigenvalue weighted by Crippen LogP contribution is -2.36. The molecule has 1 unspecified atom stereocenters. The molecule has 0 heterocycles. The number of carbonyl (C=O) groups excluding carboxylic acids is 2. The van der Waals surface area contributed by atoms with Crippen molar-refractivity contribution < 1.29 is 14.7 Å². The highest BCUT2D eigenvalue weighted by atomic mass is 32.1. The van der Waals surface area contributed by atoms with Crippen LogP contribution in [0.3, 0.4) is 0 Å². The molecule has 0 bridgehead atoms. The van der Waals surface area contributed by atoms with Crippen LogP contribution < -0.4 is 5.32 Å². The van der Waals surface area contributed by atoms with Crippen LogP contribution >= 0.6 is 12.6 Å². The van der Waals surface area contributed by atoms with Crippen LogP contribution in [0.2, 0.25) is 0 Å². The normalized spacial score (nSPS) is 11.8. The van der Waals surface area contributed by atoms with Crippen molar-refractivity contribution in [2.75, 3.05) is 0 Å². The SMILES string of the molecule is C=C(C)CCC(NC(=O)CCCCCCCCCCCCCCCCCCC(=O)S)C(=C)O. The third-order valence-corrected chi connectivity index (χ3v) is 6.37. The first kappa shape index (κ1) is 31.8. The van der Waals surface area contributed by atoms with E-state index in [-0.39, 0.29) is 22.8 Å². The second-order valence-corrected chi connectivity index (χ2v) is 10.2. The lowest BCUT2D eigenvalue weighted by molar-refractivity contribution is -0.122. The summed E-state index contributed by atoms with van der Waals surface area (Å²) >= 11 is 3.80. The number of nitrogens with one attached hydrogen (secondary N) is 1. The number of hydrogen-bond acceptors (Lipinski definition) is 3. The summed E-state index contributed by atoms with van der Waals surface area (Å²) in [6, 6.07) is -0.365. The molecule has 5 heteroatoms. The van der Waals surface area contributed by atoms with E-state index in [9.17, 15) is 14.7 Å². The lowest BCUT2D eigenvalue weighted by Gasteiger charge is -2.17. The van der Waals surface area contributed by atoms with Gasteiger partial charge in [0.05, 0.1) is 6.04 Å². The Bertz CT molecular complexity index is 547. The molecule has 0 radical (unpaired) electrons. The van der Waals surface area contributed by atoms with E-state index >= 15 is 0 Å². The van der Waals surface area contributed by atoms with E-state index in [0.29, 0.717) is 19.3 Å². The van der Waals surface area contributed by atoms with Crippen molar-refractivity contribution in [3.05, 3.63) is 24.5 Å². The molecular weight excluding hydrogens is 430 g/mol. The summed E-state index contributed by atoms with van der Waals surface area (Å²) in [5.41, 5.74) is 1.04. The molecule has 0 aromatic carbocycles. The van der Waals surface area contributed by atoms with E-state index in [4.69, 9.17) is 0 Å². The molecule has 0 aromatic heterocycles. The molecule has 192 valence electrons. The van der Waals surface area contributed by atoms with Crippen LogP contribution in [0, 0.1) is 0 Å². The number of aliphatic hydroxyl groups excluding tert-OH is 1. The molecule has 1 amide bonds. The van der Waals surface area contributed by atoms with Gasteiger partial charge >= 0.3 is 0 Å². The number of thiol groups is 1. The molecule has 0 saturated heterocycles. The van der Waals surface area contributed by atoms with Crippen LogP contribution in [-0.2, 0) is 9.59 Å². The molecule has 0 saturated carbocycles. The first-order chi connectivity index (χ1) is 15.8. The Morgan fingerprint density at radius 1 is 0.697 bits per heavy atom. The van der Waals surface area contributed by atoms with Crippen LogP contribution in [0.25, 0.3) is 0 Å². The number of unbranched alkanes of at least 4 members (excludes halogenated alkanes) is 15. The number of rotatable bonds is 24. The zero-order valence-corrected chi connectivity index (χ0v) is 22.2. The van der Waals surface area contributed by atoms with Gasteiger partial charge in [-0.1, -0.05) is 102 Å². The second kappa shape index (κ2) is 22.6. The molecular formula is C28H51NO3S. The van der Waals surface area contributed by atoms with E-state index in [2.05, 4.69) is 31.1 Å². The van der Waals surface area contributed by atoms with E-state index in [1.165, 1.54) is 77.0 Å². The Labute approximate surface area is 209 Å².